The lowest BCUT2D eigenvalue weighted by molar-refractivity contribution is 0.106. The van der Waals surface area contributed by atoms with Crippen molar-refractivity contribution in [1.29, 1.82) is 0 Å². The summed E-state index contributed by atoms with van der Waals surface area (Å²) in [5.74, 6) is 0. The number of aryl methyl sites for hydroxylation is 2. The van der Waals surface area contributed by atoms with Crippen molar-refractivity contribution in [1.82, 2.24) is 29.2 Å². The molecule has 1 aliphatic rings. The third kappa shape index (κ3) is 3.76. The van der Waals surface area contributed by atoms with Gasteiger partial charge in [0, 0.05) is 69.5 Å². The van der Waals surface area contributed by atoms with E-state index in [4.69, 9.17) is 5.10 Å². The van der Waals surface area contributed by atoms with Crippen molar-refractivity contribution in [3.63, 3.8) is 0 Å². The van der Waals surface area contributed by atoms with Crippen LogP contribution in [0.4, 0.5) is 5.69 Å². The van der Waals surface area contributed by atoms with E-state index in [0.717, 1.165) is 53.8 Å². The molecule has 178 valence electrons. The van der Waals surface area contributed by atoms with Gasteiger partial charge in [-0.1, -0.05) is 13.0 Å². The second-order valence-corrected chi connectivity index (χ2v) is 9.39. The highest BCUT2D eigenvalue weighted by molar-refractivity contribution is 5.88. The van der Waals surface area contributed by atoms with Gasteiger partial charge in [0.1, 0.15) is 5.52 Å². The van der Waals surface area contributed by atoms with E-state index in [0.29, 0.717) is 6.04 Å². The van der Waals surface area contributed by atoms with E-state index in [2.05, 4.69) is 65.7 Å². The lowest BCUT2D eigenvalue weighted by Crippen LogP contribution is -2.58. The van der Waals surface area contributed by atoms with Crippen molar-refractivity contribution < 1.29 is 0 Å². The van der Waals surface area contributed by atoms with E-state index >= 15 is 0 Å². The molecule has 34 heavy (non-hydrogen) atoms. The number of benzene rings is 1. The lowest BCUT2D eigenvalue weighted by atomic mass is 9.98. The minimum absolute atomic E-state index is 0.00599. The number of pyridine rings is 1. The molecule has 3 aromatic heterocycles. The monoisotopic (exact) mass is 459 g/mol. The van der Waals surface area contributed by atoms with Crippen LogP contribution < -0.4 is 10.5 Å². The molecule has 1 aliphatic heterocycles. The van der Waals surface area contributed by atoms with Gasteiger partial charge in [-0.15, -0.1) is 0 Å². The Morgan fingerprint density at radius 1 is 1.09 bits per heavy atom. The van der Waals surface area contributed by atoms with Crippen LogP contribution >= 0.6 is 0 Å². The van der Waals surface area contributed by atoms with Crippen molar-refractivity contribution >= 4 is 27.8 Å². The standard InChI is InChI=1S/C26H33N7O/c1-6-20-15-32(23-13-25(34)30(5)24-16-31(7-2)29-26(23)24)17(3)14-33(20)18(4)19-8-9-21-22(12-19)28-11-10-27-21/h8-13,16-18,20H,6-7,14-15H2,1-5H3/t17-,18?,20+/m0/s1. The largest absolute Gasteiger partial charge is 0.364 e. The molecule has 4 aromatic rings. The molecular weight excluding hydrogens is 426 g/mol. The molecule has 4 heterocycles. The van der Waals surface area contributed by atoms with Crippen molar-refractivity contribution in [2.45, 2.75) is 58.8 Å². The third-order valence-corrected chi connectivity index (χ3v) is 7.40. The molecule has 0 spiro atoms. The van der Waals surface area contributed by atoms with Crippen LogP contribution in [-0.4, -0.2) is 54.4 Å². The summed E-state index contributed by atoms with van der Waals surface area (Å²) < 4.78 is 3.61. The fourth-order valence-corrected chi connectivity index (χ4v) is 5.29. The minimum Gasteiger partial charge on any atom is -0.364 e. The number of aromatic nitrogens is 5. The topological polar surface area (TPSA) is 72.1 Å². The van der Waals surface area contributed by atoms with Crippen LogP contribution in [0.1, 0.15) is 45.7 Å². The zero-order chi connectivity index (χ0) is 24.0. The number of nitrogens with zero attached hydrogens (tertiary/aromatic N) is 7. The summed E-state index contributed by atoms with van der Waals surface area (Å²) in [6, 6.07) is 9.02. The van der Waals surface area contributed by atoms with Gasteiger partial charge in [-0.25, -0.2) is 0 Å². The Balaban J connectivity index is 1.48. The molecule has 0 bridgehead atoms. The summed E-state index contributed by atoms with van der Waals surface area (Å²) >= 11 is 0. The highest BCUT2D eigenvalue weighted by Gasteiger charge is 2.35. The van der Waals surface area contributed by atoms with Gasteiger partial charge >= 0.3 is 0 Å². The fraction of sp³-hybridized carbons (Fsp3) is 0.462. The molecule has 0 aliphatic carbocycles. The molecule has 0 radical (unpaired) electrons. The summed E-state index contributed by atoms with van der Waals surface area (Å²) in [6.07, 6.45) is 6.48. The SMILES string of the molecule is CC[C@@H]1CN(c2cc(=O)n(C)c3cn(CC)nc23)[C@@H](C)CN1C(C)c1ccc2nccnc2c1. The van der Waals surface area contributed by atoms with E-state index in [1.807, 2.05) is 17.9 Å². The van der Waals surface area contributed by atoms with Crippen LogP contribution in [0.25, 0.3) is 22.1 Å². The summed E-state index contributed by atoms with van der Waals surface area (Å²) in [5, 5.41) is 4.81. The normalized spacial score (nSPS) is 20.3. The molecular formula is C26H33N7O. The molecule has 0 amide bonds. The van der Waals surface area contributed by atoms with Crippen LogP contribution in [0.15, 0.2) is 47.7 Å². The quantitative estimate of drug-likeness (QED) is 0.453. The maximum atomic E-state index is 12.8. The second-order valence-electron chi connectivity index (χ2n) is 9.39. The zero-order valence-corrected chi connectivity index (χ0v) is 20.6. The number of rotatable bonds is 5. The third-order valence-electron chi connectivity index (χ3n) is 7.40. The van der Waals surface area contributed by atoms with Crippen molar-refractivity contribution in [2.75, 3.05) is 18.0 Å². The van der Waals surface area contributed by atoms with Gasteiger partial charge < -0.3 is 9.47 Å². The first-order valence-corrected chi connectivity index (χ1v) is 12.2. The molecule has 0 N–H and O–H groups in total. The molecule has 8 nitrogen and oxygen atoms in total. The summed E-state index contributed by atoms with van der Waals surface area (Å²) in [6.45, 7) is 11.4. The molecule has 1 saturated heterocycles. The summed E-state index contributed by atoms with van der Waals surface area (Å²) in [5.41, 5.74) is 5.85. The smallest absolute Gasteiger partial charge is 0.252 e. The Hall–Kier alpha value is -3.26. The van der Waals surface area contributed by atoms with Crippen molar-refractivity contribution in [3.8, 4) is 0 Å². The zero-order valence-electron chi connectivity index (χ0n) is 20.6. The van der Waals surface area contributed by atoms with Gasteiger partial charge in [0.15, 0.2) is 0 Å². The van der Waals surface area contributed by atoms with Gasteiger partial charge in [0.2, 0.25) is 0 Å². The minimum atomic E-state index is 0.00599. The maximum Gasteiger partial charge on any atom is 0.252 e. The maximum absolute atomic E-state index is 12.8. The van der Waals surface area contributed by atoms with Crippen molar-refractivity contribution in [2.24, 2.45) is 7.05 Å². The summed E-state index contributed by atoms with van der Waals surface area (Å²) in [4.78, 5) is 26.7. The second kappa shape index (κ2) is 8.83. The Labute approximate surface area is 199 Å². The van der Waals surface area contributed by atoms with Crippen LogP contribution in [0.3, 0.4) is 0 Å². The Morgan fingerprint density at radius 2 is 1.85 bits per heavy atom. The Bertz CT molecular complexity index is 1390. The first kappa shape index (κ1) is 22.5. The van der Waals surface area contributed by atoms with Crippen LogP contribution in [-0.2, 0) is 13.6 Å². The first-order valence-electron chi connectivity index (χ1n) is 12.2. The number of anilines is 1. The predicted octanol–water partition coefficient (Wildman–Crippen LogP) is 3.75. The number of fused-ring (bicyclic) bond motifs is 2. The number of piperazine rings is 1. The molecule has 1 unspecified atom stereocenters. The van der Waals surface area contributed by atoms with E-state index < -0.39 is 0 Å². The molecule has 0 saturated carbocycles. The average molecular weight is 460 g/mol. The van der Waals surface area contributed by atoms with Crippen LogP contribution in [0.5, 0.6) is 0 Å². The molecule has 3 atom stereocenters. The van der Waals surface area contributed by atoms with Gasteiger partial charge in [-0.3, -0.25) is 24.3 Å². The van der Waals surface area contributed by atoms with Gasteiger partial charge in [0.05, 0.1) is 22.2 Å². The highest BCUT2D eigenvalue weighted by Crippen LogP contribution is 2.33. The van der Waals surface area contributed by atoms with Crippen LogP contribution in [0.2, 0.25) is 0 Å². The number of hydrogen-bond donors (Lipinski definition) is 0. The molecule has 1 fully saturated rings. The Morgan fingerprint density at radius 3 is 2.59 bits per heavy atom. The Kier molecular flexibility index (Phi) is 5.85. The van der Waals surface area contributed by atoms with Gasteiger partial charge in [0.25, 0.3) is 5.56 Å². The average Bonchev–Trinajstić information content (AvgIpc) is 3.30. The summed E-state index contributed by atoms with van der Waals surface area (Å²) in [7, 11) is 1.82. The first-order chi connectivity index (χ1) is 16.4. The highest BCUT2D eigenvalue weighted by atomic mass is 16.1. The van der Waals surface area contributed by atoms with Crippen molar-refractivity contribution in [3.05, 3.63) is 58.8 Å². The van der Waals surface area contributed by atoms with E-state index in [1.165, 1.54) is 5.56 Å². The number of hydrogen-bond acceptors (Lipinski definition) is 6. The molecule has 8 heteroatoms. The van der Waals surface area contributed by atoms with Crippen LogP contribution in [0, 0.1) is 0 Å². The van der Waals surface area contributed by atoms with Gasteiger partial charge in [-0.2, -0.15) is 5.10 Å². The molecule has 1 aromatic carbocycles. The lowest BCUT2D eigenvalue weighted by Gasteiger charge is -2.48. The van der Waals surface area contributed by atoms with Gasteiger partial charge in [-0.05, 0) is 44.9 Å². The fourth-order valence-electron chi connectivity index (χ4n) is 5.29. The molecule has 5 rings (SSSR count). The predicted molar refractivity (Wildman–Crippen MR) is 136 cm³/mol. The van der Waals surface area contributed by atoms with E-state index in [9.17, 15) is 4.79 Å². The van der Waals surface area contributed by atoms with E-state index in [-0.39, 0.29) is 17.6 Å². The van der Waals surface area contributed by atoms with E-state index in [1.54, 1.807) is 23.0 Å².